The molecule has 0 fully saturated rings. The third-order valence-electron chi connectivity index (χ3n) is 4.35. The van der Waals surface area contributed by atoms with Gasteiger partial charge in [0.2, 0.25) is 0 Å². The first-order chi connectivity index (χ1) is 13.7. The van der Waals surface area contributed by atoms with Crippen molar-refractivity contribution in [2.75, 3.05) is 11.9 Å². The zero-order chi connectivity index (χ0) is 21.2. The SMILES string of the molecule is CCOC(=O)CC1OC(c2ccccc2C(F)(F)F)c2cc(Cl)ccc2NC1=S. The second kappa shape index (κ2) is 8.69. The van der Waals surface area contributed by atoms with Gasteiger partial charge in [-0.3, -0.25) is 4.79 Å². The Balaban J connectivity index is 2.11. The normalized spacial score (nSPS) is 19.1. The van der Waals surface area contributed by atoms with Crippen LogP contribution in [0.25, 0.3) is 0 Å². The zero-order valence-corrected chi connectivity index (χ0v) is 16.8. The Bertz CT molecular complexity index is 935. The Morgan fingerprint density at radius 3 is 2.66 bits per heavy atom. The number of rotatable bonds is 4. The lowest BCUT2D eigenvalue weighted by atomic mass is 9.95. The molecule has 29 heavy (non-hydrogen) atoms. The van der Waals surface area contributed by atoms with E-state index in [0.717, 1.165) is 6.07 Å². The number of fused-ring (bicyclic) bond motifs is 1. The quantitative estimate of drug-likeness (QED) is 0.496. The number of esters is 1. The summed E-state index contributed by atoms with van der Waals surface area (Å²) in [6.07, 6.45) is -6.93. The minimum absolute atomic E-state index is 0.0936. The summed E-state index contributed by atoms with van der Waals surface area (Å²) < 4.78 is 51.9. The molecule has 0 radical (unpaired) electrons. The van der Waals surface area contributed by atoms with Gasteiger partial charge >= 0.3 is 12.1 Å². The molecule has 1 aliphatic rings. The van der Waals surface area contributed by atoms with Crippen LogP contribution in [0.5, 0.6) is 0 Å². The average Bonchev–Trinajstić information content (AvgIpc) is 2.78. The van der Waals surface area contributed by atoms with E-state index in [0.29, 0.717) is 16.3 Å². The summed E-state index contributed by atoms with van der Waals surface area (Å²) in [6.45, 7) is 1.82. The summed E-state index contributed by atoms with van der Waals surface area (Å²) in [5.74, 6) is -0.562. The highest BCUT2D eigenvalue weighted by Gasteiger charge is 2.39. The van der Waals surface area contributed by atoms with Crippen molar-refractivity contribution in [3.63, 3.8) is 0 Å². The maximum Gasteiger partial charge on any atom is 0.416 e. The molecule has 0 aromatic heterocycles. The number of alkyl halides is 3. The molecular weight excluding hydrogens is 427 g/mol. The minimum Gasteiger partial charge on any atom is -0.466 e. The monoisotopic (exact) mass is 443 g/mol. The Morgan fingerprint density at radius 2 is 1.97 bits per heavy atom. The van der Waals surface area contributed by atoms with E-state index < -0.39 is 29.9 Å². The molecular formula is C20H17ClF3NO3S. The van der Waals surface area contributed by atoms with Gasteiger partial charge < -0.3 is 14.8 Å². The summed E-state index contributed by atoms with van der Waals surface area (Å²) in [5.41, 5.74) is -0.0712. The van der Waals surface area contributed by atoms with Gasteiger partial charge in [0.25, 0.3) is 0 Å². The lowest BCUT2D eigenvalue weighted by Gasteiger charge is -2.25. The van der Waals surface area contributed by atoms with Crippen LogP contribution in [0, 0.1) is 0 Å². The molecule has 1 N–H and O–H groups in total. The van der Waals surface area contributed by atoms with Crippen molar-refractivity contribution in [3.8, 4) is 0 Å². The van der Waals surface area contributed by atoms with Gasteiger partial charge in [-0.2, -0.15) is 13.2 Å². The summed E-state index contributed by atoms with van der Waals surface area (Å²) in [4.78, 5) is 12.1. The number of carbonyl (C=O) groups excluding carboxylic acids is 1. The van der Waals surface area contributed by atoms with Crippen molar-refractivity contribution in [3.05, 3.63) is 64.2 Å². The molecule has 0 aliphatic carbocycles. The number of carbonyl (C=O) groups is 1. The number of halogens is 4. The summed E-state index contributed by atoms with van der Waals surface area (Å²) >= 11 is 11.4. The molecule has 154 valence electrons. The molecule has 2 unspecified atom stereocenters. The van der Waals surface area contributed by atoms with E-state index in [9.17, 15) is 18.0 Å². The standard InChI is InChI=1S/C20H17ClF3NO3S/c1-2-27-17(26)10-16-19(29)25-15-8-7-11(21)9-13(15)18(28-16)12-5-3-4-6-14(12)20(22,23)24/h3-9,16,18H,2,10H2,1H3,(H,25,29). The minimum atomic E-state index is -4.59. The van der Waals surface area contributed by atoms with E-state index in [1.54, 1.807) is 19.1 Å². The third kappa shape index (κ3) is 4.88. The van der Waals surface area contributed by atoms with E-state index in [-0.39, 0.29) is 23.6 Å². The summed E-state index contributed by atoms with van der Waals surface area (Å²) in [7, 11) is 0. The van der Waals surface area contributed by atoms with Gasteiger partial charge in [0.05, 0.1) is 18.6 Å². The third-order valence-corrected chi connectivity index (χ3v) is 4.95. The van der Waals surface area contributed by atoms with E-state index in [1.807, 2.05) is 0 Å². The van der Waals surface area contributed by atoms with Crippen LogP contribution >= 0.6 is 23.8 Å². The average molecular weight is 444 g/mol. The molecule has 2 aromatic rings. The number of thiocarbonyl (C=S) groups is 1. The molecule has 2 aromatic carbocycles. The number of hydrogen-bond donors (Lipinski definition) is 1. The number of hydrogen-bond acceptors (Lipinski definition) is 4. The van der Waals surface area contributed by atoms with Crippen molar-refractivity contribution in [1.29, 1.82) is 0 Å². The van der Waals surface area contributed by atoms with E-state index in [2.05, 4.69) is 5.32 Å². The lowest BCUT2D eigenvalue weighted by Crippen LogP contribution is -2.31. The zero-order valence-electron chi connectivity index (χ0n) is 15.3. The Kier molecular flexibility index (Phi) is 6.45. The van der Waals surface area contributed by atoms with Crippen LogP contribution in [0.15, 0.2) is 42.5 Å². The predicted molar refractivity (Wildman–Crippen MR) is 107 cm³/mol. The fraction of sp³-hybridized carbons (Fsp3) is 0.300. The molecule has 2 atom stereocenters. The van der Waals surface area contributed by atoms with Gasteiger partial charge in [0, 0.05) is 16.3 Å². The highest BCUT2D eigenvalue weighted by molar-refractivity contribution is 7.80. The second-order valence-electron chi connectivity index (χ2n) is 6.32. The Morgan fingerprint density at radius 1 is 1.24 bits per heavy atom. The van der Waals surface area contributed by atoms with Crippen molar-refractivity contribution in [2.24, 2.45) is 0 Å². The first-order valence-electron chi connectivity index (χ1n) is 8.78. The fourth-order valence-electron chi connectivity index (χ4n) is 3.11. The van der Waals surface area contributed by atoms with Gasteiger partial charge in [0.1, 0.15) is 17.2 Å². The van der Waals surface area contributed by atoms with Crippen LogP contribution in [0.4, 0.5) is 18.9 Å². The van der Waals surface area contributed by atoms with Crippen LogP contribution in [-0.2, 0) is 20.4 Å². The molecule has 3 rings (SSSR count). The molecule has 1 aliphatic heterocycles. The smallest absolute Gasteiger partial charge is 0.416 e. The lowest BCUT2D eigenvalue weighted by molar-refractivity contribution is -0.146. The summed E-state index contributed by atoms with van der Waals surface area (Å²) in [5, 5.41) is 3.30. The highest BCUT2D eigenvalue weighted by atomic mass is 35.5. The maximum absolute atomic E-state index is 13.6. The van der Waals surface area contributed by atoms with Crippen molar-refractivity contribution >= 4 is 40.5 Å². The molecule has 0 saturated carbocycles. The molecule has 4 nitrogen and oxygen atoms in total. The van der Waals surface area contributed by atoms with E-state index in [1.165, 1.54) is 24.3 Å². The van der Waals surface area contributed by atoms with Gasteiger partial charge in [-0.1, -0.05) is 42.0 Å². The van der Waals surface area contributed by atoms with Crippen molar-refractivity contribution in [2.45, 2.75) is 31.7 Å². The topological polar surface area (TPSA) is 47.6 Å². The molecule has 0 bridgehead atoms. The largest absolute Gasteiger partial charge is 0.466 e. The highest BCUT2D eigenvalue weighted by Crippen LogP contribution is 2.42. The fourth-order valence-corrected chi connectivity index (χ4v) is 3.54. The second-order valence-corrected chi connectivity index (χ2v) is 7.20. The van der Waals surface area contributed by atoms with Gasteiger partial charge in [-0.25, -0.2) is 0 Å². The molecule has 1 heterocycles. The van der Waals surface area contributed by atoms with Crippen LogP contribution in [0.3, 0.4) is 0 Å². The Labute approximate surface area is 175 Å². The van der Waals surface area contributed by atoms with Crippen molar-refractivity contribution < 1.29 is 27.4 Å². The summed E-state index contributed by atoms with van der Waals surface area (Å²) in [6, 6.07) is 9.86. The molecule has 0 saturated heterocycles. The van der Waals surface area contributed by atoms with Crippen LogP contribution in [-0.4, -0.2) is 23.7 Å². The number of ether oxygens (including phenoxy) is 2. The van der Waals surface area contributed by atoms with Crippen LogP contribution in [0.1, 0.15) is 36.1 Å². The van der Waals surface area contributed by atoms with E-state index >= 15 is 0 Å². The predicted octanol–water partition coefficient (Wildman–Crippen LogP) is 5.54. The Hall–Kier alpha value is -2.16. The van der Waals surface area contributed by atoms with E-state index in [4.69, 9.17) is 33.3 Å². The molecule has 0 spiro atoms. The maximum atomic E-state index is 13.6. The first-order valence-corrected chi connectivity index (χ1v) is 9.56. The van der Waals surface area contributed by atoms with Gasteiger partial charge in [-0.15, -0.1) is 0 Å². The van der Waals surface area contributed by atoms with Gasteiger partial charge in [-0.05, 0) is 36.8 Å². The number of anilines is 1. The van der Waals surface area contributed by atoms with Gasteiger partial charge in [0.15, 0.2) is 0 Å². The molecule has 0 amide bonds. The molecule has 9 heteroatoms. The van der Waals surface area contributed by atoms with Crippen LogP contribution < -0.4 is 5.32 Å². The van der Waals surface area contributed by atoms with Crippen molar-refractivity contribution in [1.82, 2.24) is 0 Å². The first kappa shape index (κ1) is 21.5. The van der Waals surface area contributed by atoms with Crippen LogP contribution in [0.2, 0.25) is 5.02 Å². The number of nitrogens with one attached hydrogen (secondary N) is 1. The number of benzene rings is 2.